The van der Waals surface area contributed by atoms with Gasteiger partial charge in [-0.25, -0.2) is 9.48 Å². The van der Waals surface area contributed by atoms with Crippen LogP contribution in [0, 0.1) is 0 Å². The number of esters is 1. The first-order valence-corrected chi connectivity index (χ1v) is 7.64. The number of aromatic nitrogens is 4. The number of hydrogen-bond donors (Lipinski definition) is 1. The second-order valence-electron chi connectivity index (χ2n) is 5.53. The number of benzene rings is 2. The zero-order valence-corrected chi connectivity index (χ0v) is 13.0. The highest BCUT2D eigenvalue weighted by Crippen LogP contribution is 2.32. The average Bonchev–Trinajstić information content (AvgIpc) is 3.25. The number of amides is 1. The topological polar surface area (TPSA) is 99.0 Å². The molecule has 1 aromatic heterocycles. The summed E-state index contributed by atoms with van der Waals surface area (Å²) < 4.78 is 6.80. The summed E-state index contributed by atoms with van der Waals surface area (Å²) in [6, 6.07) is 14.2. The van der Waals surface area contributed by atoms with E-state index in [0.29, 0.717) is 11.3 Å². The van der Waals surface area contributed by atoms with E-state index in [0.717, 1.165) is 11.3 Å². The van der Waals surface area contributed by atoms with Crippen LogP contribution in [0.3, 0.4) is 0 Å². The van der Waals surface area contributed by atoms with Gasteiger partial charge >= 0.3 is 5.97 Å². The quantitative estimate of drug-likeness (QED) is 0.731. The second kappa shape index (κ2) is 6.16. The van der Waals surface area contributed by atoms with E-state index in [9.17, 15) is 9.59 Å². The Morgan fingerprint density at radius 3 is 2.72 bits per heavy atom. The maximum Gasteiger partial charge on any atom is 0.339 e. The van der Waals surface area contributed by atoms with Crippen molar-refractivity contribution in [1.82, 2.24) is 20.2 Å². The fraction of sp³-hybridized carbons (Fsp3) is 0.118. The van der Waals surface area contributed by atoms with Crippen LogP contribution in [0.5, 0.6) is 0 Å². The fourth-order valence-corrected chi connectivity index (χ4v) is 2.73. The molecule has 8 heteroatoms. The van der Waals surface area contributed by atoms with Gasteiger partial charge in [0.25, 0.3) is 0 Å². The number of cyclic esters (lactones) is 1. The van der Waals surface area contributed by atoms with Gasteiger partial charge in [-0.3, -0.25) is 4.79 Å². The van der Waals surface area contributed by atoms with E-state index in [-0.39, 0.29) is 18.3 Å². The normalized spacial score (nSPS) is 15.5. The minimum atomic E-state index is -0.552. The molecule has 124 valence electrons. The van der Waals surface area contributed by atoms with Crippen LogP contribution < -0.4 is 5.32 Å². The predicted molar refractivity (Wildman–Crippen MR) is 87.0 cm³/mol. The summed E-state index contributed by atoms with van der Waals surface area (Å²) in [4.78, 5) is 24.1. The van der Waals surface area contributed by atoms with Crippen molar-refractivity contribution in [3.05, 3.63) is 66.0 Å². The largest absolute Gasteiger partial charge is 0.453 e. The molecule has 4 rings (SSSR count). The molecule has 2 aromatic carbocycles. The lowest BCUT2D eigenvalue weighted by Gasteiger charge is -2.11. The molecule has 1 unspecified atom stereocenters. The zero-order chi connectivity index (χ0) is 17.2. The number of carbonyl (C=O) groups is 2. The third kappa shape index (κ3) is 2.97. The standard InChI is InChI=1S/C17H13N5O3/c23-16(9-15-13-3-1-2-4-14(13)17(24)25-15)19-11-5-7-12(8-6-11)22-10-18-20-21-22/h1-8,10,15H,9H2,(H,19,23). The summed E-state index contributed by atoms with van der Waals surface area (Å²) >= 11 is 0. The summed E-state index contributed by atoms with van der Waals surface area (Å²) in [7, 11) is 0. The summed E-state index contributed by atoms with van der Waals surface area (Å²) in [5.74, 6) is -0.621. The molecule has 1 N–H and O–H groups in total. The van der Waals surface area contributed by atoms with Gasteiger partial charge in [0.05, 0.1) is 17.7 Å². The number of hydrogen-bond acceptors (Lipinski definition) is 6. The molecule has 0 saturated heterocycles. The maximum absolute atomic E-state index is 12.3. The van der Waals surface area contributed by atoms with E-state index in [4.69, 9.17) is 4.74 Å². The van der Waals surface area contributed by atoms with Gasteiger partial charge < -0.3 is 10.1 Å². The van der Waals surface area contributed by atoms with Gasteiger partial charge in [0.1, 0.15) is 12.4 Å². The van der Waals surface area contributed by atoms with Crippen molar-refractivity contribution < 1.29 is 14.3 Å². The molecular formula is C17H13N5O3. The number of anilines is 1. The Morgan fingerprint density at radius 2 is 1.96 bits per heavy atom. The van der Waals surface area contributed by atoms with E-state index in [1.807, 2.05) is 6.07 Å². The Labute approximate surface area is 142 Å². The van der Waals surface area contributed by atoms with Gasteiger partial charge in [0.2, 0.25) is 5.91 Å². The predicted octanol–water partition coefficient (Wildman–Crippen LogP) is 1.90. The molecule has 1 amide bonds. The minimum absolute atomic E-state index is 0.0670. The molecule has 0 saturated carbocycles. The van der Waals surface area contributed by atoms with Crippen molar-refractivity contribution in [2.75, 3.05) is 5.32 Å². The molecule has 8 nitrogen and oxygen atoms in total. The minimum Gasteiger partial charge on any atom is -0.453 e. The molecule has 2 heterocycles. The Morgan fingerprint density at radius 1 is 1.16 bits per heavy atom. The summed E-state index contributed by atoms with van der Waals surface area (Å²) in [6.45, 7) is 0. The van der Waals surface area contributed by atoms with Crippen LogP contribution in [-0.2, 0) is 9.53 Å². The van der Waals surface area contributed by atoms with E-state index < -0.39 is 6.10 Å². The van der Waals surface area contributed by atoms with Gasteiger partial charge in [-0.05, 0) is 40.8 Å². The molecule has 0 aliphatic carbocycles. The maximum atomic E-state index is 12.3. The van der Waals surface area contributed by atoms with E-state index in [2.05, 4.69) is 20.8 Å². The molecule has 0 bridgehead atoms. The van der Waals surface area contributed by atoms with Crippen LogP contribution in [-0.4, -0.2) is 32.1 Å². The lowest BCUT2D eigenvalue weighted by molar-refractivity contribution is -0.118. The number of nitrogens with zero attached hydrogens (tertiary/aromatic N) is 4. The van der Waals surface area contributed by atoms with Crippen LogP contribution in [0.15, 0.2) is 54.9 Å². The summed E-state index contributed by atoms with van der Waals surface area (Å²) in [5, 5.41) is 13.7. The zero-order valence-electron chi connectivity index (χ0n) is 13.0. The molecule has 1 aliphatic heterocycles. The van der Waals surface area contributed by atoms with Crippen LogP contribution in [0.1, 0.15) is 28.4 Å². The highest BCUT2D eigenvalue weighted by atomic mass is 16.5. The highest BCUT2D eigenvalue weighted by molar-refractivity contribution is 5.96. The van der Waals surface area contributed by atoms with Crippen LogP contribution in [0.2, 0.25) is 0 Å². The SMILES string of the molecule is O=C(CC1OC(=O)c2ccccc21)Nc1ccc(-n2cnnn2)cc1. The molecule has 0 spiro atoms. The first-order chi connectivity index (χ1) is 12.2. The van der Waals surface area contributed by atoms with Crippen LogP contribution >= 0.6 is 0 Å². The third-order valence-corrected chi connectivity index (χ3v) is 3.91. The molecule has 1 atom stereocenters. The number of carbonyl (C=O) groups excluding carboxylic acids is 2. The smallest absolute Gasteiger partial charge is 0.339 e. The lowest BCUT2D eigenvalue weighted by atomic mass is 10.0. The van der Waals surface area contributed by atoms with Crippen molar-refractivity contribution in [2.24, 2.45) is 0 Å². The molecule has 0 fully saturated rings. The van der Waals surface area contributed by atoms with Gasteiger partial charge in [0, 0.05) is 11.3 Å². The summed E-state index contributed by atoms with van der Waals surface area (Å²) in [5.41, 5.74) is 2.68. The summed E-state index contributed by atoms with van der Waals surface area (Å²) in [6.07, 6.45) is 1.00. The Hall–Kier alpha value is -3.55. The average molecular weight is 335 g/mol. The van der Waals surface area contributed by atoms with Gasteiger partial charge in [-0.2, -0.15) is 0 Å². The number of rotatable bonds is 4. The Bertz CT molecular complexity index is 922. The van der Waals surface area contributed by atoms with E-state index in [1.54, 1.807) is 42.5 Å². The van der Waals surface area contributed by atoms with E-state index >= 15 is 0 Å². The number of fused-ring (bicyclic) bond motifs is 1. The Balaban J connectivity index is 1.42. The van der Waals surface area contributed by atoms with Gasteiger partial charge in [0.15, 0.2) is 0 Å². The van der Waals surface area contributed by atoms with Crippen molar-refractivity contribution in [1.29, 1.82) is 0 Å². The molecule has 1 aliphatic rings. The van der Waals surface area contributed by atoms with Gasteiger partial charge in [-0.1, -0.05) is 18.2 Å². The first kappa shape index (κ1) is 15.0. The highest BCUT2D eigenvalue weighted by Gasteiger charge is 2.31. The monoisotopic (exact) mass is 335 g/mol. The molecule has 0 radical (unpaired) electrons. The number of ether oxygens (including phenoxy) is 1. The molecule has 25 heavy (non-hydrogen) atoms. The van der Waals surface area contributed by atoms with Crippen molar-refractivity contribution in [3.63, 3.8) is 0 Å². The number of nitrogens with one attached hydrogen (secondary N) is 1. The first-order valence-electron chi connectivity index (χ1n) is 7.64. The fourth-order valence-electron chi connectivity index (χ4n) is 2.73. The number of tetrazole rings is 1. The van der Waals surface area contributed by atoms with Crippen LogP contribution in [0.4, 0.5) is 5.69 Å². The lowest BCUT2D eigenvalue weighted by Crippen LogP contribution is -2.15. The molecule has 3 aromatic rings. The van der Waals surface area contributed by atoms with Crippen molar-refractivity contribution >= 4 is 17.6 Å². The van der Waals surface area contributed by atoms with Gasteiger partial charge in [-0.15, -0.1) is 5.10 Å². The van der Waals surface area contributed by atoms with Crippen molar-refractivity contribution in [3.8, 4) is 5.69 Å². The van der Waals surface area contributed by atoms with Crippen molar-refractivity contribution in [2.45, 2.75) is 12.5 Å². The molecular weight excluding hydrogens is 322 g/mol. The third-order valence-electron chi connectivity index (χ3n) is 3.91. The van der Waals surface area contributed by atoms with Crippen LogP contribution in [0.25, 0.3) is 5.69 Å². The Kier molecular flexibility index (Phi) is 3.70. The second-order valence-corrected chi connectivity index (χ2v) is 5.53. The van der Waals surface area contributed by atoms with E-state index in [1.165, 1.54) is 11.0 Å².